The minimum Gasteiger partial charge on any atom is -0.380 e. The molecule has 1 aliphatic heterocycles. The van der Waals surface area contributed by atoms with E-state index in [0.29, 0.717) is 26.3 Å². The summed E-state index contributed by atoms with van der Waals surface area (Å²) in [5.41, 5.74) is 1.74. The summed E-state index contributed by atoms with van der Waals surface area (Å²) in [6, 6.07) is 7.60. The quantitative estimate of drug-likeness (QED) is 0.818. The van der Waals surface area contributed by atoms with Crippen LogP contribution in [0.25, 0.3) is 0 Å². The smallest absolute Gasteiger partial charge is 0.254 e. The molecule has 0 N–H and O–H groups in total. The van der Waals surface area contributed by atoms with Crippen LogP contribution in [0.4, 0.5) is 0 Å². The highest BCUT2D eigenvalue weighted by atomic mass is 16.5. The molecule has 1 unspecified atom stereocenters. The lowest BCUT2D eigenvalue weighted by atomic mass is 10.1. The number of carbonyl (C=O) groups is 1. The molecule has 0 radical (unpaired) electrons. The molecule has 1 heterocycles. The summed E-state index contributed by atoms with van der Waals surface area (Å²) in [6.45, 7) is 4.46. The molecule has 1 fully saturated rings. The molecule has 4 heteroatoms. The lowest BCUT2D eigenvalue weighted by Gasteiger charge is -2.31. The van der Waals surface area contributed by atoms with Crippen LogP contribution in [0, 0.1) is 0 Å². The zero-order chi connectivity index (χ0) is 13.0. The van der Waals surface area contributed by atoms with Gasteiger partial charge in [0.1, 0.15) is 0 Å². The van der Waals surface area contributed by atoms with Gasteiger partial charge in [0.2, 0.25) is 0 Å². The van der Waals surface area contributed by atoms with Gasteiger partial charge in [0.15, 0.2) is 0 Å². The molecule has 1 atom stereocenters. The molecule has 0 bridgehead atoms. The van der Waals surface area contributed by atoms with Gasteiger partial charge in [0.25, 0.3) is 5.91 Å². The molecular formula is C14H19NO3. The maximum atomic E-state index is 12.3. The lowest BCUT2D eigenvalue weighted by molar-refractivity contribution is -0.0124. The van der Waals surface area contributed by atoms with Gasteiger partial charge in [-0.15, -0.1) is 0 Å². The lowest BCUT2D eigenvalue weighted by Crippen LogP contribution is -2.44. The first-order chi connectivity index (χ1) is 8.70. The molecule has 2 rings (SSSR count). The first kappa shape index (κ1) is 13.1. The average Bonchev–Trinajstić information content (AvgIpc) is 2.39. The SMILES string of the molecule is COCc1cccc(C(=O)N2CCOC(C)C2)c1. The number of nitrogens with zero attached hydrogens (tertiary/aromatic N) is 1. The molecule has 98 valence electrons. The number of hydrogen-bond donors (Lipinski definition) is 0. The molecular weight excluding hydrogens is 230 g/mol. The van der Waals surface area contributed by atoms with Crippen molar-refractivity contribution in [2.75, 3.05) is 26.8 Å². The van der Waals surface area contributed by atoms with E-state index in [0.717, 1.165) is 11.1 Å². The van der Waals surface area contributed by atoms with Crippen molar-refractivity contribution in [2.45, 2.75) is 19.6 Å². The maximum absolute atomic E-state index is 12.3. The van der Waals surface area contributed by atoms with Crippen molar-refractivity contribution in [1.29, 1.82) is 0 Å². The number of methoxy groups -OCH3 is 1. The first-order valence-electron chi connectivity index (χ1n) is 6.19. The van der Waals surface area contributed by atoms with Gasteiger partial charge in [-0.1, -0.05) is 12.1 Å². The summed E-state index contributed by atoms with van der Waals surface area (Å²) in [4.78, 5) is 14.2. The van der Waals surface area contributed by atoms with E-state index >= 15 is 0 Å². The summed E-state index contributed by atoms with van der Waals surface area (Å²) in [7, 11) is 1.65. The van der Waals surface area contributed by atoms with Gasteiger partial charge in [-0.2, -0.15) is 0 Å². The predicted octanol–water partition coefficient (Wildman–Crippen LogP) is 1.69. The van der Waals surface area contributed by atoms with Crippen LogP contribution in [0.2, 0.25) is 0 Å². The number of amides is 1. The minimum absolute atomic E-state index is 0.0723. The summed E-state index contributed by atoms with van der Waals surface area (Å²) in [5, 5.41) is 0. The van der Waals surface area contributed by atoms with E-state index in [9.17, 15) is 4.79 Å². The highest BCUT2D eigenvalue weighted by Crippen LogP contribution is 2.12. The van der Waals surface area contributed by atoms with Crippen molar-refractivity contribution in [3.05, 3.63) is 35.4 Å². The molecule has 1 aromatic rings. The molecule has 1 amide bonds. The van der Waals surface area contributed by atoms with Crippen molar-refractivity contribution in [3.63, 3.8) is 0 Å². The Morgan fingerprint density at radius 1 is 1.56 bits per heavy atom. The van der Waals surface area contributed by atoms with E-state index in [-0.39, 0.29) is 12.0 Å². The number of morpholine rings is 1. The van der Waals surface area contributed by atoms with Crippen LogP contribution in [0.15, 0.2) is 24.3 Å². The van der Waals surface area contributed by atoms with Gasteiger partial charge in [-0.25, -0.2) is 0 Å². The number of rotatable bonds is 3. The van der Waals surface area contributed by atoms with Gasteiger partial charge >= 0.3 is 0 Å². The van der Waals surface area contributed by atoms with Crippen molar-refractivity contribution in [2.24, 2.45) is 0 Å². The van der Waals surface area contributed by atoms with E-state index in [1.54, 1.807) is 7.11 Å². The standard InChI is InChI=1S/C14H19NO3/c1-11-9-15(6-7-18-11)14(16)13-5-3-4-12(8-13)10-17-2/h3-5,8,11H,6-7,9-10H2,1-2H3. The van der Waals surface area contributed by atoms with Crippen LogP contribution in [0.5, 0.6) is 0 Å². The van der Waals surface area contributed by atoms with E-state index in [2.05, 4.69) is 0 Å². The largest absolute Gasteiger partial charge is 0.380 e. The van der Waals surface area contributed by atoms with E-state index in [1.165, 1.54) is 0 Å². The summed E-state index contributed by atoms with van der Waals surface area (Å²) >= 11 is 0. The molecule has 0 aromatic heterocycles. The Bertz CT molecular complexity index is 419. The molecule has 0 spiro atoms. The molecule has 4 nitrogen and oxygen atoms in total. The van der Waals surface area contributed by atoms with Gasteiger partial charge in [-0.05, 0) is 24.6 Å². The second-order valence-electron chi connectivity index (χ2n) is 4.57. The molecule has 0 aliphatic carbocycles. The van der Waals surface area contributed by atoms with Gasteiger partial charge < -0.3 is 14.4 Å². The number of hydrogen-bond acceptors (Lipinski definition) is 3. The van der Waals surface area contributed by atoms with Gasteiger partial charge in [0, 0.05) is 25.8 Å². The van der Waals surface area contributed by atoms with Crippen LogP contribution < -0.4 is 0 Å². The number of benzene rings is 1. The average molecular weight is 249 g/mol. The van der Waals surface area contributed by atoms with Crippen LogP contribution in [-0.4, -0.2) is 43.7 Å². The Hall–Kier alpha value is -1.39. The molecule has 1 aliphatic rings. The van der Waals surface area contributed by atoms with Gasteiger partial charge in [0.05, 0.1) is 19.3 Å². The third-order valence-electron chi connectivity index (χ3n) is 3.01. The van der Waals surface area contributed by atoms with Crippen LogP contribution in [0.1, 0.15) is 22.8 Å². The van der Waals surface area contributed by atoms with Crippen LogP contribution >= 0.6 is 0 Å². The highest BCUT2D eigenvalue weighted by Gasteiger charge is 2.22. The Labute approximate surface area is 107 Å². The first-order valence-corrected chi connectivity index (χ1v) is 6.19. The fourth-order valence-electron chi connectivity index (χ4n) is 2.15. The zero-order valence-electron chi connectivity index (χ0n) is 10.9. The number of carbonyl (C=O) groups excluding carboxylic acids is 1. The molecule has 0 saturated carbocycles. The zero-order valence-corrected chi connectivity index (χ0v) is 10.9. The van der Waals surface area contributed by atoms with E-state index < -0.39 is 0 Å². The number of ether oxygens (including phenoxy) is 2. The minimum atomic E-state index is 0.0723. The summed E-state index contributed by atoms with van der Waals surface area (Å²) in [6.07, 6.45) is 0.116. The maximum Gasteiger partial charge on any atom is 0.254 e. The Morgan fingerprint density at radius 2 is 2.39 bits per heavy atom. The van der Waals surface area contributed by atoms with Crippen molar-refractivity contribution < 1.29 is 14.3 Å². The molecule has 1 saturated heterocycles. The van der Waals surface area contributed by atoms with Crippen molar-refractivity contribution in [3.8, 4) is 0 Å². The fourth-order valence-corrected chi connectivity index (χ4v) is 2.15. The Kier molecular flexibility index (Phi) is 4.33. The third kappa shape index (κ3) is 3.09. The van der Waals surface area contributed by atoms with Crippen molar-refractivity contribution in [1.82, 2.24) is 4.90 Å². The second-order valence-corrected chi connectivity index (χ2v) is 4.57. The van der Waals surface area contributed by atoms with E-state index in [1.807, 2.05) is 36.1 Å². The fraction of sp³-hybridized carbons (Fsp3) is 0.500. The Balaban J connectivity index is 2.10. The topological polar surface area (TPSA) is 38.8 Å². The van der Waals surface area contributed by atoms with Crippen molar-refractivity contribution >= 4 is 5.91 Å². The van der Waals surface area contributed by atoms with E-state index in [4.69, 9.17) is 9.47 Å². The molecule has 1 aromatic carbocycles. The summed E-state index contributed by atoms with van der Waals surface area (Å²) < 4.78 is 10.5. The van der Waals surface area contributed by atoms with Gasteiger partial charge in [-0.3, -0.25) is 4.79 Å². The highest BCUT2D eigenvalue weighted by molar-refractivity contribution is 5.94. The second kappa shape index (κ2) is 5.98. The summed E-state index contributed by atoms with van der Waals surface area (Å²) in [5.74, 6) is 0.0723. The normalized spacial score (nSPS) is 19.9. The predicted molar refractivity (Wildman–Crippen MR) is 68.5 cm³/mol. The monoisotopic (exact) mass is 249 g/mol. The Morgan fingerprint density at radius 3 is 3.11 bits per heavy atom. The molecule has 18 heavy (non-hydrogen) atoms. The van der Waals surface area contributed by atoms with Crippen LogP contribution in [-0.2, 0) is 16.1 Å². The third-order valence-corrected chi connectivity index (χ3v) is 3.01. The van der Waals surface area contributed by atoms with Crippen LogP contribution in [0.3, 0.4) is 0 Å².